The lowest BCUT2D eigenvalue weighted by Crippen LogP contribution is -2.35. The van der Waals surface area contributed by atoms with E-state index in [9.17, 15) is 17.6 Å². The van der Waals surface area contributed by atoms with E-state index in [1.54, 1.807) is 12.1 Å². The van der Waals surface area contributed by atoms with Crippen molar-refractivity contribution in [3.05, 3.63) is 64.9 Å². The Hall–Kier alpha value is -2.00. The monoisotopic (exact) mass is 413 g/mol. The van der Waals surface area contributed by atoms with E-state index in [4.69, 9.17) is 17.3 Å². The van der Waals surface area contributed by atoms with Crippen LogP contribution in [0.15, 0.2) is 53.4 Å². The zero-order chi connectivity index (χ0) is 19.9. The Morgan fingerprint density at radius 3 is 2.44 bits per heavy atom. The average molecular weight is 414 g/mol. The maximum Gasteiger partial charge on any atom is 0.242 e. The van der Waals surface area contributed by atoms with Crippen molar-refractivity contribution in [2.45, 2.75) is 23.8 Å². The third-order valence-electron chi connectivity index (χ3n) is 3.82. The number of nitrogens with two attached hydrogens (primary N) is 1. The van der Waals surface area contributed by atoms with Crippen LogP contribution in [0.1, 0.15) is 24.4 Å². The van der Waals surface area contributed by atoms with Gasteiger partial charge in [0.05, 0.1) is 5.02 Å². The van der Waals surface area contributed by atoms with Crippen molar-refractivity contribution in [2.75, 3.05) is 13.1 Å². The number of carbonyl (C=O) groups excluding carboxylic acids is 1. The molecule has 0 aromatic heterocycles. The number of unbranched alkanes of at least 4 members (excludes halogenated alkanes) is 1. The van der Waals surface area contributed by atoms with Crippen LogP contribution in [-0.2, 0) is 14.8 Å². The van der Waals surface area contributed by atoms with E-state index >= 15 is 0 Å². The average Bonchev–Trinajstić information content (AvgIpc) is 2.64. The van der Waals surface area contributed by atoms with Gasteiger partial charge in [0.15, 0.2) is 0 Å². The highest BCUT2D eigenvalue weighted by atomic mass is 35.5. The molecule has 4 N–H and O–H groups in total. The number of benzene rings is 2. The number of sulfonamides is 1. The van der Waals surface area contributed by atoms with Crippen molar-refractivity contribution in [2.24, 2.45) is 5.73 Å². The van der Waals surface area contributed by atoms with Crippen LogP contribution < -0.4 is 15.8 Å². The number of hydrogen-bond acceptors (Lipinski definition) is 4. The molecule has 0 aliphatic carbocycles. The molecule has 2 aromatic rings. The SMILES string of the molecule is N[C@H](C(=O)NCCCCNS(=O)(=O)c1ccc(F)cc1Cl)c1ccccc1. The Morgan fingerprint density at radius 2 is 1.78 bits per heavy atom. The molecule has 0 bridgehead atoms. The van der Waals surface area contributed by atoms with Gasteiger partial charge in [0.25, 0.3) is 0 Å². The summed E-state index contributed by atoms with van der Waals surface area (Å²) in [6.45, 7) is 0.537. The van der Waals surface area contributed by atoms with Crippen molar-refractivity contribution in [1.82, 2.24) is 10.0 Å². The second kappa shape index (κ2) is 9.80. The first-order valence-corrected chi connectivity index (χ1v) is 10.2. The van der Waals surface area contributed by atoms with Gasteiger partial charge in [-0.05, 0) is 36.6 Å². The molecule has 27 heavy (non-hydrogen) atoms. The Kier molecular flexibility index (Phi) is 7.73. The summed E-state index contributed by atoms with van der Waals surface area (Å²) < 4.78 is 39.7. The maximum atomic E-state index is 13.0. The zero-order valence-corrected chi connectivity index (χ0v) is 16.1. The van der Waals surface area contributed by atoms with E-state index in [-0.39, 0.29) is 22.4 Å². The second-order valence-electron chi connectivity index (χ2n) is 5.86. The van der Waals surface area contributed by atoms with Crippen LogP contribution in [0.4, 0.5) is 4.39 Å². The third kappa shape index (κ3) is 6.28. The standard InChI is InChI=1S/C18H21ClFN3O3S/c19-15-12-14(20)8-9-16(15)27(25,26)23-11-5-4-10-22-18(24)17(21)13-6-2-1-3-7-13/h1-3,6-9,12,17,23H,4-5,10-11,21H2,(H,22,24)/t17-/m0/s1. The van der Waals surface area contributed by atoms with Crippen LogP contribution in [0.2, 0.25) is 5.02 Å². The maximum absolute atomic E-state index is 13.0. The van der Waals surface area contributed by atoms with Crippen LogP contribution >= 0.6 is 11.6 Å². The van der Waals surface area contributed by atoms with Gasteiger partial charge in [0.2, 0.25) is 15.9 Å². The minimum atomic E-state index is -3.82. The molecular formula is C18H21ClFN3O3S. The van der Waals surface area contributed by atoms with Crippen molar-refractivity contribution < 1.29 is 17.6 Å². The van der Waals surface area contributed by atoms with Crippen LogP contribution in [0.25, 0.3) is 0 Å². The zero-order valence-electron chi connectivity index (χ0n) is 14.5. The number of nitrogens with one attached hydrogen (secondary N) is 2. The van der Waals surface area contributed by atoms with E-state index in [0.717, 1.165) is 23.8 Å². The quantitative estimate of drug-likeness (QED) is 0.549. The highest BCUT2D eigenvalue weighted by molar-refractivity contribution is 7.89. The summed E-state index contributed by atoms with van der Waals surface area (Å²) in [4.78, 5) is 11.8. The molecule has 146 valence electrons. The smallest absolute Gasteiger partial charge is 0.242 e. The van der Waals surface area contributed by atoms with Crippen LogP contribution in [-0.4, -0.2) is 27.4 Å². The summed E-state index contributed by atoms with van der Waals surface area (Å²) in [5.41, 5.74) is 6.60. The van der Waals surface area contributed by atoms with E-state index in [1.165, 1.54) is 0 Å². The van der Waals surface area contributed by atoms with Crippen LogP contribution in [0, 0.1) is 5.82 Å². The van der Waals surface area contributed by atoms with Gasteiger partial charge in [-0.2, -0.15) is 0 Å². The van der Waals surface area contributed by atoms with E-state index < -0.39 is 21.9 Å². The van der Waals surface area contributed by atoms with E-state index in [1.807, 2.05) is 18.2 Å². The predicted molar refractivity (Wildman–Crippen MR) is 102 cm³/mol. The molecule has 2 rings (SSSR count). The lowest BCUT2D eigenvalue weighted by molar-refractivity contribution is -0.122. The first-order chi connectivity index (χ1) is 12.8. The lowest BCUT2D eigenvalue weighted by atomic mass is 10.1. The van der Waals surface area contributed by atoms with Gasteiger partial charge in [-0.1, -0.05) is 41.9 Å². The van der Waals surface area contributed by atoms with Crippen molar-refractivity contribution in [1.29, 1.82) is 0 Å². The summed E-state index contributed by atoms with van der Waals surface area (Å²) in [5.74, 6) is -0.900. The fourth-order valence-electron chi connectivity index (χ4n) is 2.36. The normalized spacial score (nSPS) is 12.6. The van der Waals surface area contributed by atoms with Crippen LogP contribution in [0.3, 0.4) is 0 Å². The molecule has 0 saturated carbocycles. The van der Waals surface area contributed by atoms with Crippen molar-refractivity contribution in [3.63, 3.8) is 0 Å². The second-order valence-corrected chi connectivity index (χ2v) is 8.00. The molecule has 1 amide bonds. The summed E-state index contributed by atoms with van der Waals surface area (Å²) in [6.07, 6.45) is 1.06. The van der Waals surface area contributed by atoms with Crippen molar-refractivity contribution >= 4 is 27.5 Å². The minimum absolute atomic E-state index is 0.163. The molecule has 0 fully saturated rings. The fourth-order valence-corrected chi connectivity index (χ4v) is 3.96. The molecule has 0 radical (unpaired) electrons. The van der Waals surface area contributed by atoms with Crippen molar-refractivity contribution in [3.8, 4) is 0 Å². The van der Waals surface area contributed by atoms with Gasteiger partial charge in [-0.25, -0.2) is 17.5 Å². The Balaban J connectivity index is 1.72. The molecule has 9 heteroatoms. The first kappa shape index (κ1) is 21.3. The van der Waals surface area contributed by atoms with Gasteiger partial charge in [0, 0.05) is 13.1 Å². The molecule has 2 aromatic carbocycles. The van der Waals surface area contributed by atoms with Gasteiger partial charge >= 0.3 is 0 Å². The highest BCUT2D eigenvalue weighted by Gasteiger charge is 2.18. The van der Waals surface area contributed by atoms with Crippen LogP contribution in [0.5, 0.6) is 0 Å². The van der Waals surface area contributed by atoms with Gasteiger partial charge < -0.3 is 11.1 Å². The van der Waals surface area contributed by atoms with E-state index in [0.29, 0.717) is 19.4 Å². The number of rotatable bonds is 9. The molecule has 0 spiro atoms. The lowest BCUT2D eigenvalue weighted by Gasteiger charge is -2.12. The summed E-state index contributed by atoms with van der Waals surface area (Å²) in [7, 11) is -3.82. The highest BCUT2D eigenvalue weighted by Crippen LogP contribution is 2.21. The molecule has 0 unspecified atom stereocenters. The van der Waals surface area contributed by atoms with Gasteiger partial charge in [0.1, 0.15) is 16.8 Å². The molecule has 0 heterocycles. The Bertz CT molecular complexity index is 879. The first-order valence-electron chi connectivity index (χ1n) is 8.34. The number of hydrogen-bond donors (Lipinski definition) is 3. The molecule has 0 aliphatic heterocycles. The molecule has 6 nitrogen and oxygen atoms in total. The van der Waals surface area contributed by atoms with E-state index in [2.05, 4.69) is 10.0 Å². The number of carbonyl (C=O) groups is 1. The summed E-state index contributed by atoms with van der Waals surface area (Å²) >= 11 is 5.77. The predicted octanol–water partition coefficient (Wildman–Crippen LogP) is 2.35. The number of amides is 1. The van der Waals surface area contributed by atoms with Gasteiger partial charge in [-0.15, -0.1) is 0 Å². The molecule has 0 saturated heterocycles. The van der Waals surface area contributed by atoms with Gasteiger partial charge in [-0.3, -0.25) is 4.79 Å². The summed E-state index contributed by atoms with van der Waals surface area (Å²) in [6, 6.07) is 11.4. The molecular weight excluding hydrogens is 393 g/mol. The third-order valence-corrected chi connectivity index (χ3v) is 5.76. The molecule has 1 atom stereocenters. The Morgan fingerprint density at radius 1 is 1.11 bits per heavy atom. The fraction of sp³-hybridized carbons (Fsp3) is 0.278. The molecule has 0 aliphatic rings. The number of halogens is 2. The summed E-state index contributed by atoms with van der Waals surface area (Å²) in [5, 5.41) is 2.55. The largest absolute Gasteiger partial charge is 0.354 e. The topological polar surface area (TPSA) is 101 Å². The Labute approximate surface area is 163 Å². The minimum Gasteiger partial charge on any atom is -0.354 e.